The van der Waals surface area contributed by atoms with Crippen molar-refractivity contribution in [2.24, 2.45) is 11.7 Å². The molecule has 3 N–H and O–H groups in total. The molecular formula is C12H15Cl2NO. The Kier molecular flexibility index (Phi) is 3.75. The molecule has 16 heavy (non-hydrogen) atoms. The fourth-order valence-electron chi connectivity index (χ4n) is 2.04. The van der Waals surface area contributed by atoms with Gasteiger partial charge in [-0.2, -0.15) is 0 Å². The Morgan fingerprint density at radius 2 is 2.00 bits per heavy atom. The zero-order valence-electron chi connectivity index (χ0n) is 8.87. The molecule has 0 amide bonds. The molecule has 0 unspecified atom stereocenters. The Morgan fingerprint density at radius 3 is 2.56 bits per heavy atom. The van der Waals surface area contributed by atoms with Gasteiger partial charge in [-0.15, -0.1) is 0 Å². The van der Waals surface area contributed by atoms with Crippen molar-refractivity contribution in [1.29, 1.82) is 0 Å². The van der Waals surface area contributed by atoms with Crippen LogP contribution in [0.4, 0.5) is 0 Å². The van der Waals surface area contributed by atoms with Crippen molar-refractivity contribution in [3.8, 4) is 0 Å². The SMILES string of the molecule is N[C@H](c1cccc(Cl)c1Cl)[C@@H](O)C1CCC1. The summed E-state index contributed by atoms with van der Waals surface area (Å²) in [4.78, 5) is 0. The van der Waals surface area contributed by atoms with E-state index < -0.39 is 12.1 Å². The molecule has 1 aromatic rings. The van der Waals surface area contributed by atoms with Gasteiger partial charge < -0.3 is 10.8 Å². The van der Waals surface area contributed by atoms with E-state index in [1.807, 2.05) is 6.07 Å². The standard InChI is InChI=1S/C12H15Cl2NO/c13-9-6-2-5-8(10(9)14)11(15)12(16)7-3-1-4-7/h2,5-7,11-12,16H,1,3-4,15H2/t11-,12+/m1/s1. The monoisotopic (exact) mass is 259 g/mol. The molecule has 0 bridgehead atoms. The van der Waals surface area contributed by atoms with Crippen molar-refractivity contribution in [3.63, 3.8) is 0 Å². The van der Waals surface area contributed by atoms with Gasteiger partial charge in [0.2, 0.25) is 0 Å². The van der Waals surface area contributed by atoms with E-state index in [0.29, 0.717) is 16.0 Å². The molecule has 0 aromatic heterocycles. The predicted octanol–water partition coefficient (Wildman–Crippen LogP) is 3.15. The van der Waals surface area contributed by atoms with Crippen LogP contribution in [-0.4, -0.2) is 11.2 Å². The summed E-state index contributed by atoms with van der Waals surface area (Å²) < 4.78 is 0. The second-order valence-electron chi connectivity index (χ2n) is 4.35. The maximum Gasteiger partial charge on any atom is 0.0761 e. The fourth-order valence-corrected chi connectivity index (χ4v) is 2.47. The van der Waals surface area contributed by atoms with E-state index in [1.165, 1.54) is 6.42 Å². The van der Waals surface area contributed by atoms with Gasteiger partial charge in [0.25, 0.3) is 0 Å². The lowest BCUT2D eigenvalue weighted by atomic mass is 9.77. The number of benzene rings is 1. The van der Waals surface area contributed by atoms with Gasteiger partial charge in [0.05, 0.1) is 22.2 Å². The van der Waals surface area contributed by atoms with E-state index in [-0.39, 0.29) is 0 Å². The van der Waals surface area contributed by atoms with Crippen LogP contribution in [0.5, 0.6) is 0 Å². The summed E-state index contributed by atoms with van der Waals surface area (Å²) in [6.45, 7) is 0. The first kappa shape index (κ1) is 12.2. The van der Waals surface area contributed by atoms with Crippen LogP contribution < -0.4 is 5.73 Å². The Bertz CT molecular complexity index is 379. The Labute approximate surface area is 105 Å². The molecule has 1 fully saturated rings. The van der Waals surface area contributed by atoms with Crippen LogP contribution in [0.2, 0.25) is 10.0 Å². The van der Waals surface area contributed by atoms with Crippen molar-refractivity contribution >= 4 is 23.2 Å². The number of aliphatic hydroxyl groups excluding tert-OH is 1. The van der Waals surface area contributed by atoms with Gasteiger partial charge in [0.1, 0.15) is 0 Å². The van der Waals surface area contributed by atoms with Crippen LogP contribution in [0.1, 0.15) is 30.9 Å². The molecule has 88 valence electrons. The Hall–Kier alpha value is -0.280. The maximum atomic E-state index is 10.1. The lowest BCUT2D eigenvalue weighted by Crippen LogP contribution is -2.36. The summed E-state index contributed by atoms with van der Waals surface area (Å²) in [5, 5.41) is 11.0. The third kappa shape index (κ3) is 2.21. The quantitative estimate of drug-likeness (QED) is 0.876. The second kappa shape index (κ2) is 4.92. The highest BCUT2D eigenvalue weighted by Crippen LogP contribution is 2.37. The lowest BCUT2D eigenvalue weighted by Gasteiger charge is -2.34. The molecule has 0 aliphatic heterocycles. The minimum Gasteiger partial charge on any atom is -0.391 e. The summed E-state index contributed by atoms with van der Waals surface area (Å²) in [6.07, 6.45) is 2.75. The lowest BCUT2D eigenvalue weighted by molar-refractivity contribution is 0.0414. The highest BCUT2D eigenvalue weighted by atomic mass is 35.5. The van der Waals surface area contributed by atoms with Crippen LogP contribution in [0.3, 0.4) is 0 Å². The number of hydrogen-bond donors (Lipinski definition) is 2. The molecule has 1 aromatic carbocycles. The zero-order chi connectivity index (χ0) is 11.7. The van der Waals surface area contributed by atoms with Crippen LogP contribution in [0.25, 0.3) is 0 Å². The number of aliphatic hydroxyl groups is 1. The van der Waals surface area contributed by atoms with Crippen molar-refractivity contribution in [1.82, 2.24) is 0 Å². The van der Waals surface area contributed by atoms with Crippen LogP contribution in [0.15, 0.2) is 18.2 Å². The molecule has 1 saturated carbocycles. The molecule has 2 atom stereocenters. The summed E-state index contributed by atoms with van der Waals surface area (Å²) in [5.41, 5.74) is 6.76. The molecular weight excluding hydrogens is 245 g/mol. The summed E-state index contributed by atoms with van der Waals surface area (Å²) in [5.74, 6) is 0.310. The number of nitrogens with two attached hydrogens (primary N) is 1. The van der Waals surface area contributed by atoms with E-state index in [2.05, 4.69) is 0 Å². The minimum absolute atomic E-state index is 0.310. The highest BCUT2D eigenvalue weighted by molar-refractivity contribution is 6.42. The molecule has 2 rings (SSSR count). The van der Waals surface area contributed by atoms with E-state index in [9.17, 15) is 5.11 Å². The number of rotatable bonds is 3. The van der Waals surface area contributed by atoms with Gasteiger partial charge in [-0.05, 0) is 30.4 Å². The molecule has 1 aliphatic carbocycles. The predicted molar refractivity (Wildman–Crippen MR) is 66.7 cm³/mol. The van der Waals surface area contributed by atoms with Crippen molar-refractivity contribution in [2.75, 3.05) is 0 Å². The molecule has 0 spiro atoms. The number of hydrogen-bond acceptors (Lipinski definition) is 2. The van der Waals surface area contributed by atoms with Gasteiger partial charge in [-0.1, -0.05) is 41.8 Å². The fraction of sp³-hybridized carbons (Fsp3) is 0.500. The van der Waals surface area contributed by atoms with E-state index in [1.54, 1.807) is 12.1 Å². The van der Waals surface area contributed by atoms with Gasteiger partial charge in [0, 0.05) is 0 Å². The maximum absolute atomic E-state index is 10.1. The van der Waals surface area contributed by atoms with Crippen molar-refractivity contribution in [3.05, 3.63) is 33.8 Å². The molecule has 0 saturated heterocycles. The largest absolute Gasteiger partial charge is 0.391 e. The van der Waals surface area contributed by atoms with Crippen LogP contribution >= 0.6 is 23.2 Å². The summed E-state index contributed by atoms with van der Waals surface area (Å²) in [7, 11) is 0. The Morgan fingerprint density at radius 1 is 1.31 bits per heavy atom. The average Bonchev–Trinajstić information content (AvgIpc) is 2.18. The number of halogens is 2. The van der Waals surface area contributed by atoms with E-state index in [4.69, 9.17) is 28.9 Å². The first-order chi connectivity index (χ1) is 7.61. The first-order valence-electron chi connectivity index (χ1n) is 5.49. The highest BCUT2D eigenvalue weighted by Gasteiger charge is 2.31. The molecule has 0 heterocycles. The van der Waals surface area contributed by atoms with Crippen molar-refractivity contribution in [2.45, 2.75) is 31.4 Å². The summed E-state index contributed by atoms with van der Waals surface area (Å²) >= 11 is 12.0. The second-order valence-corrected chi connectivity index (χ2v) is 5.14. The van der Waals surface area contributed by atoms with Crippen molar-refractivity contribution < 1.29 is 5.11 Å². The third-order valence-corrected chi connectivity index (χ3v) is 4.17. The normalized spacial score (nSPS) is 20.2. The van der Waals surface area contributed by atoms with Gasteiger partial charge in [0.15, 0.2) is 0 Å². The molecule has 4 heteroatoms. The van der Waals surface area contributed by atoms with Gasteiger partial charge in [-0.25, -0.2) is 0 Å². The minimum atomic E-state index is -0.523. The first-order valence-corrected chi connectivity index (χ1v) is 6.24. The molecule has 2 nitrogen and oxygen atoms in total. The van der Waals surface area contributed by atoms with Gasteiger partial charge >= 0.3 is 0 Å². The van der Waals surface area contributed by atoms with Crippen LogP contribution in [0, 0.1) is 5.92 Å². The van der Waals surface area contributed by atoms with Crippen LogP contribution in [-0.2, 0) is 0 Å². The smallest absolute Gasteiger partial charge is 0.0761 e. The molecule has 1 aliphatic rings. The zero-order valence-corrected chi connectivity index (χ0v) is 10.4. The Balaban J connectivity index is 2.19. The van der Waals surface area contributed by atoms with E-state index in [0.717, 1.165) is 18.4 Å². The van der Waals surface area contributed by atoms with E-state index >= 15 is 0 Å². The average molecular weight is 260 g/mol. The third-order valence-electron chi connectivity index (χ3n) is 3.34. The summed E-state index contributed by atoms with van der Waals surface area (Å²) in [6, 6.07) is 4.89. The van der Waals surface area contributed by atoms with Gasteiger partial charge in [-0.3, -0.25) is 0 Å². The molecule has 0 radical (unpaired) electrons. The topological polar surface area (TPSA) is 46.2 Å².